The van der Waals surface area contributed by atoms with Crippen LogP contribution in [0.1, 0.15) is 33.7 Å². The van der Waals surface area contributed by atoms with Gasteiger partial charge in [0.25, 0.3) is 0 Å². The first kappa shape index (κ1) is 14.3. The number of hydrogen-bond donors (Lipinski definition) is 2. The van der Waals surface area contributed by atoms with Crippen LogP contribution in [0.4, 0.5) is 0 Å². The second-order valence-corrected chi connectivity index (χ2v) is 7.80. The summed E-state index contributed by atoms with van der Waals surface area (Å²) in [5, 5.41) is 15.7. The van der Waals surface area contributed by atoms with E-state index in [4.69, 9.17) is 0 Å². The van der Waals surface area contributed by atoms with Crippen molar-refractivity contribution in [3.63, 3.8) is 0 Å². The van der Waals surface area contributed by atoms with Gasteiger partial charge in [-0.15, -0.1) is 22.7 Å². The van der Waals surface area contributed by atoms with Gasteiger partial charge in [-0.1, -0.05) is 0 Å². The van der Waals surface area contributed by atoms with Crippen LogP contribution in [0.5, 0.6) is 0 Å². The van der Waals surface area contributed by atoms with Gasteiger partial charge in [0, 0.05) is 9.75 Å². The minimum atomic E-state index is -0.751. The summed E-state index contributed by atoms with van der Waals surface area (Å²) >= 11 is 3.44. The lowest BCUT2D eigenvalue weighted by Crippen LogP contribution is -3.05. The molecule has 1 aliphatic carbocycles. The van der Waals surface area contributed by atoms with Gasteiger partial charge in [-0.25, -0.2) is 0 Å². The van der Waals surface area contributed by atoms with Gasteiger partial charge in [-0.05, 0) is 59.7 Å². The van der Waals surface area contributed by atoms with Crippen molar-refractivity contribution in [2.45, 2.75) is 31.3 Å². The molecule has 1 aliphatic rings. The molecular weight excluding hydrogens is 286 g/mol. The lowest BCUT2D eigenvalue weighted by molar-refractivity contribution is -0.858. The van der Waals surface area contributed by atoms with Crippen LogP contribution in [-0.4, -0.2) is 25.7 Å². The van der Waals surface area contributed by atoms with Crippen LogP contribution in [0, 0.1) is 0 Å². The smallest absolute Gasteiger partial charge is 0.134 e. The normalized spacial score (nSPS) is 16.8. The first-order chi connectivity index (χ1) is 9.61. The third-order valence-corrected chi connectivity index (χ3v) is 6.34. The molecule has 0 aliphatic heterocycles. The Kier molecular flexibility index (Phi) is 4.00. The first-order valence-corrected chi connectivity index (χ1v) is 9.02. The molecule has 2 aromatic rings. The van der Waals surface area contributed by atoms with Crippen molar-refractivity contribution in [2.24, 2.45) is 0 Å². The molecule has 108 valence electrons. The Morgan fingerprint density at radius 3 is 2.15 bits per heavy atom. The standard InChI is InChI=1S/C16H21NOS2/c1-17(2)9-3-8-16(18)14-12(6-10-19-14)4-5-13-7-11-20-15(13)16/h6-7,10-11,18H,3-5,8-9H2,1-2H3/p+1. The fraction of sp³-hybridized carbons (Fsp3) is 0.500. The number of quaternary nitrogens is 1. The Morgan fingerprint density at radius 2 is 1.65 bits per heavy atom. The van der Waals surface area contributed by atoms with Gasteiger partial charge in [0.15, 0.2) is 0 Å². The van der Waals surface area contributed by atoms with Gasteiger partial charge in [0.2, 0.25) is 0 Å². The van der Waals surface area contributed by atoms with Crippen molar-refractivity contribution in [1.29, 1.82) is 0 Å². The number of hydrogen-bond acceptors (Lipinski definition) is 3. The molecule has 4 heteroatoms. The van der Waals surface area contributed by atoms with E-state index in [0.717, 1.165) is 32.2 Å². The number of nitrogens with one attached hydrogen (secondary N) is 1. The number of thiophene rings is 2. The summed E-state index contributed by atoms with van der Waals surface area (Å²) in [6.07, 6.45) is 4.00. The van der Waals surface area contributed by atoms with Crippen LogP contribution in [0.25, 0.3) is 0 Å². The molecule has 2 nitrogen and oxygen atoms in total. The van der Waals surface area contributed by atoms with Crippen molar-refractivity contribution in [3.05, 3.63) is 43.8 Å². The first-order valence-electron chi connectivity index (χ1n) is 7.26. The van der Waals surface area contributed by atoms with E-state index in [9.17, 15) is 5.11 Å². The average molecular weight is 308 g/mol. The molecule has 0 atom stereocenters. The van der Waals surface area contributed by atoms with Gasteiger partial charge >= 0.3 is 0 Å². The van der Waals surface area contributed by atoms with Crippen LogP contribution < -0.4 is 4.90 Å². The summed E-state index contributed by atoms with van der Waals surface area (Å²) in [7, 11) is 4.34. The molecule has 2 heterocycles. The van der Waals surface area contributed by atoms with Crippen LogP contribution in [0.2, 0.25) is 0 Å². The van der Waals surface area contributed by atoms with E-state index >= 15 is 0 Å². The highest BCUT2D eigenvalue weighted by Crippen LogP contribution is 2.45. The highest BCUT2D eigenvalue weighted by Gasteiger charge is 2.39. The zero-order valence-electron chi connectivity index (χ0n) is 12.1. The number of fused-ring (bicyclic) bond motifs is 2. The Bertz CT molecular complexity index is 543. The molecule has 20 heavy (non-hydrogen) atoms. The van der Waals surface area contributed by atoms with E-state index < -0.39 is 5.60 Å². The molecule has 0 radical (unpaired) electrons. The summed E-state index contributed by atoms with van der Waals surface area (Å²) in [5.74, 6) is 0. The van der Waals surface area contributed by atoms with Gasteiger partial charge in [0.05, 0.1) is 20.6 Å². The second kappa shape index (κ2) is 5.60. The van der Waals surface area contributed by atoms with E-state index in [1.807, 2.05) is 0 Å². The third-order valence-electron chi connectivity index (χ3n) is 4.12. The molecule has 0 bridgehead atoms. The zero-order valence-corrected chi connectivity index (χ0v) is 13.7. The summed E-state index contributed by atoms with van der Waals surface area (Å²) < 4.78 is 0. The monoisotopic (exact) mass is 308 g/mol. The Hall–Kier alpha value is -0.680. The molecule has 0 saturated heterocycles. The Morgan fingerprint density at radius 1 is 1.10 bits per heavy atom. The van der Waals surface area contributed by atoms with Crippen molar-refractivity contribution in [1.82, 2.24) is 0 Å². The highest BCUT2D eigenvalue weighted by molar-refractivity contribution is 7.12. The van der Waals surface area contributed by atoms with Crippen molar-refractivity contribution < 1.29 is 10.0 Å². The molecule has 0 amide bonds. The predicted octanol–water partition coefficient (Wildman–Crippen LogP) is 2.07. The fourth-order valence-electron chi connectivity index (χ4n) is 3.09. The maximum atomic E-state index is 11.5. The minimum absolute atomic E-state index is 0.751. The highest BCUT2D eigenvalue weighted by atomic mass is 32.1. The summed E-state index contributed by atoms with van der Waals surface area (Å²) in [5.41, 5.74) is 1.94. The van der Waals surface area contributed by atoms with Crippen LogP contribution >= 0.6 is 22.7 Å². The molecule has 3 rings (SSSR count). The van der Waals surface area contributed by atoms with Gasteiger partial charge < -0.3 is 10.0 Å². The van der Waals surface area contributed by atoms with E-state index in [2.05, 4.69) is 37.0 Å². The maximum absolute atomic E-state index is 11.5. The van der Waals surface area contributed by atoms with Crippen molar-refractivity contribution in [2.75, 3.05) is 20.6 Å². The molecule has 0 spiro atoms. The van der Waals surface area contributed by atoms with E-state index in [1.54, 1.807) is 22.7 Å². The summed E-state index contributed by atoms with van der Waals surface area (Å²) in [6, 6.07) is 4.39. The van der Waals surface area contributed by atoms with E-state index in [1.165, 1.54) is 25.8 Å². The molecule has 0 aromatic carbocycles. The lowest BCUT2D eigenvalue weighted by Gasteiger charge is -2.27. The Balaban J connectivity index is 1.97. The molecular formula is C16H22NOS2+. The zero-order chi connectivity index (χ0) is 14.2. The Labute approximate surface area is 128 Å². The SMILES string of the molecule is C[NH+](C)CCCC1(O)c2sccc2CCc2ccsc21. The van der Waals surface area contributed by atoms with Gasteiger partial charge in [-0.2, -0.15) is 0 Å². The fourth-order valence-corrected chi connectivity index (χ4v) is 5.33. The average Bonchev–Trinajstić information content (AvgIpc) is 3.03. The lowest BCUT2D eigenvalue weighted by atomic mass is 9.91. The maximum Gasteiger partial charge on any atom is 0.134 e. The van der Waals surface area contributed by atoms with E-state index in [0.29, 0.717) is 0 Å². The molecule has 2 aromatic heterocycles. The second-order valence-electron chi connectivity index (χ2n) is 5.97. The molecule has 0 saturated carbocycles. The molecule has 2 N–H and O–H groups in total. The van der Waals surface area contributed by atoms with Crippen molar-refractivity contribution in [3.8, 4) is 0 Å². The predicted molar refractivity (Wildman–Crippen MR) is 86.0 cm³/mol. The number of aliphatic hydroxyl groups is 1. The number of aryl methyl sites for hydroxylation is 2. The van der Waals surface area contributed by atoms with Gasteiger partial charge in [-0.3, -0.25) is 0 Å². The largest absolute Gasteiger partial charge is 0.379 e. The van der Waals surface area contributed by atoms with Crippen LogP contribution in [-0.2, 0) is 18.4 Å². The minimum Gasteiger partial charge on any atom is -0.379 e. The third kappa shape index (κ3) is 2.46. The topological polar surface area (TPSA) is 24.7 Å². The van der Waals surface area contributed by atoms with Crippen LogP contribution in [0.3, 0.4) is 0 Å². The molecule has 0 fully saturated rings. The quantitative estimate of drug-likeness (QED) is 0.888. The van der Waals surface area contributed by atoms with E-state index in [-0.39, 0.29) is 0 Å². The van der Waals surface area contributed by atoms with Gasteiger partial charge in [0.1, 0.15) is 5.60 Å². The van der Waals surface area contributed by atoms with Crippen LogP contribution in [0.15, 0.2) is 22.9 Å². The summed E-state index contributed by atoms with van der Waals surface area (Å²) in [4.78, 5) is 3.82. The van der Waals surface area contributed by atoms with Crippen molar-refractivity contribution >= 4 is 22.7 Å². The molecule has 0 unspecified atom stereocenters. The summed E-state index contributed by atoms with van der Waals surface area (Å²) in [6.45, 7) is 1.10. The number of rotatable bonds is 4.